The summed E-state index contributed by atoms with van der Waals surface area (Å²) in [6.45, 7) is 6.44. The molecular formula is C20H33N5O6. The molecule has 0 radical (unpaired) electrons. The summed E-state index contributed by atoms with van der Waals surface area (Å²) in [6, 6.07) is -0.897. The van der Waals surface area contributed by atoms with Gasteiger partial charge >= 0.3 is 5.69 Å². The Morgan fingerprint density at radius 3 is 2.68 bits per heavy atom. The lowest BCUT2D eigenvalue weighted by molar-refractivity contribution is -0.160. The van der Waals surface area contributed by atoms with E-state index < -0.39 is 35.2 Å². The average Bonchev–Trinajstić information content (AvgIpc) is 3.02. The fraction of sp³-hybridized carbons (Fsp3) is 0.800. The third-order valence-electron chi connectivity index (χ3n) is 5.40. The zero-order valence-corrected chi connectivity index (χ0v) is 18.5. The number of aromatic nitrogens is 2. The van der Waals surface area contributed by atoms with Crippen LogP contribution in [-0.2, 0) is 14.2 Å². The summed E-state index contributed by atoms with van der Waals surface area (Å²) >= 11 is 0. The highest BCUT2D eigenvalue weighted by molar-refractivity contribution is 5.08. The molecule has 0 saturated carbocycles. The normalized spacial score (nSPS) is 25.5. The van der Waals surface area contributed by atoms with E-state index in [0.29, 0.717) is 18.8 Å². The minimum Gasteiger partial charge on any atom is -0.396 e. The third-order valence-corrected chi connectivity index (χ3v) is 5.40. The molecular weight excluding hydrogens is 406 g/mol. The maximum absolute atomic E-state index is 12.5. The van der Waals surface area contributed by atoms with Crippen molar-refractivity contribution in [1.82, 2.24) is 9.55 Å². The van der Waals surface area contributed by atoms with Crippen molar-refractivity contribution < 1.29 is 19.3 Å². The molecule has 4 atom stereocenters. The summed E-state index contributed by atoms with van der Waals surface area (Å²) < 4.78 is 19.5. The number of nitrogens with zero attached hydrogens (tertiary/aromatic N) is 4. The van der Waals surface area contributed by atoms with E-state index in [9.17, 15) is 20.2 Å². The Kier molecular flexibility index (Phi) is 9.73. The van der Waals surface area contributed by atoms with Crippen LogP contribution in [0.2, 0.25) is 0 Å². The first kappa shape index (κ1) is 25.1. The Morgan fingerprint density at radius 2 is 2.03 bits per heavy atom. The highest BCUT2D eigenvalue weighted by Gasteiger charge is 2.56. The van der Waals surface area contributed by atoms with Crippen LogP contribution in [0.1, 0.15) is 57.7 Å². The van der Waals surface area contributed by atoms with Gasteiger partial charge in [-0.25, -0.2) is 4.79 Å². The molecule has 1 aliphatic heterocycles. The number of rotatable bonds is 13. The van der Waals surface area contributed by atoms with Crippen LogP contribution in [0.3, 0.4) is 0 Å². The van der Waals surface area contributed by atoms with Crippen molar-refractivity contribution in [3.05, 3.63) is 43.0 Å². The van der Waals surface area contributed by atoms with Gasteiger partial charge in [0.1, 0.15) is 24.0 Å². The van der Waals surface area contributed by atoms with Crippen molar-refractivity contribution in [1.29, 1.82) is 0 Å². The Hall–Kier alpha value is -2.17. The molecule has 174 valence electrons. The second kappa shape index (κ2) is 12.0. The van der Waals surface area contributed by atoms with Gasteiger partial charge < -0.3 is 19.3 Å². The molecule has 0 amide bonds. The summed E-state index contributed by atoms with van der Waals surface area (Å²) in [5.74, 6) is 0. The predicted molar refractivity (Wildman–Crippen MR) is 114 cm³/mol. The Labute approximate surface area is 181 Å². The number of hydrogen-bond acceptors (Lipinski definition) is 7. The third kappa shape index (κ3) is 5.96. The molecule has 2 rings (SSSR count). The summed E-state index contributed by atoms with van der Waals surface area (Å²) in [5, 5.41) is 13.7. The van der Waals surface area contributed by atoms with E-state index in [2.05, 4.69) is 15.0 Å². The van der Waals surface area contributed by atoms with Gasteiger partial charge in [-0.1, -0.05) is 31.8 Å². The molecule has 0 aliphatic carbocycles. The summed E-state index contributed by atoms with van der Waals surface area (Å²) in [5.41, 5.74) is 7.22. The van der Waals surface area contributed by atoms with E-state index in [1.165, 1.54) is 10.8 Å². The SMILES string of the molecule is CCCCOC[C@@]1(CCO)O[C@@H](n2cc(C)c(=O)[nH]c2=O)C(N=[N+]=[N-])C1OCCCC. The van der Waals surface area contributed by atoms with Crippen molar-refractivity contribution in [3.8, 4) is 0 Å². The molecule has 1 saturated heterocycles. The smallest absolute Gasteiger partial charge is 0.330 e. The summed E-state index contributed by atoms with van der Waals surface area (Å²) in [7, 11) is 0. The highest BCUT2D eigenvalue weighted by atomic mass is 16.6. The van der Waals surface area contributed by atoms with Crippen LogP contribution in [0, 0.1) is 6.92 Å². The van der Waals surface area contributed by atoms with Crippen molar-refractivity contribution in [2.24, 2.45) is 5.11 Å². The van der Waals surface area contributed by atoms with Gasteiger partial charge in [0.25, 0.3) is 5.56 Å². The van der Waals surface area contributed by atoms with Crippen LogP contribution in [0.15, 0.2) is 20.9 Å². The molecule has 11 nitrogen and oxygen atoms in total. The number of azide groups is 1. The minimum atomic E-state index is -1.12. The monoisotopic (exact) mass is 439 g/mol. The van der Waals surface area contributed by atoms with Crippen LogP contribution in [0.4, 0.5) is 0 Å². The van der Waals surface area contributed by atoms with E-state index >= 15 is 0 Å². The molecule has 0 spiro atoms. The largest absolute Gasteiger partial charge is 0.396 e. The second-order valence-corrected chi connectivity index (χ2v) is 7.77. The number of nitrogens with one attached hydrogen (secondary N) is 1. The number of ether oxygens (including phenoxy) is 3. The molecule has 2 unspecified atom stereocenters. The minimum absolute atomic E-state index is 0.107. The number of aromatic amines is 1. The molecule has 1 aromatic rings. The number of hydrogen-bond donors (Lipinski definition) is 2. The first-order chi connectivity index (χ1) is 14.9. The number of unbranched alkanes of at least 4 members (excludes halogenated alkanes) is 2. The molecule has 31 heavy (non-hydrogen) atoms. The fourth-order valence-corrected chi connectivity index (χ4v) is 3.69. The molecule has 11 heteroatoms. The lowest BCUT2D eigenvalue weighted by Gasteiger charge is -2.34. The van der Waals surface area contributed by atoms with Crippen molar-refractivity contribution in [3.63, 3.8) is 0 Å². The van der Waals surface area contributed by atoms with Crippen LogP contribution >= 0.6 is 0 Å². The fourth-order valence-electron chi connectivity index (χ4n) is 3.69. The zero-order chi connectivity index (χ0) is 22.9. The number of aryl methyl sites for hydroxylation is 1. The van der Waals surface area contributed by atoms with Gasteiger partial charge in [-0.3, -0.25) is 14.3 Å². The number of H-pyrrole nitrogens is 1. The molecule has 1 aromatic heterocycles. The average molecular weight is 440 g/mol. The topological polar surface area (TPSA) is 152 Å². The summed E-state index contributed by atoms with van der Waals surface area (Å²) in [4.78, 5) is 29.6. The number of aliphatic hydroxyl groups excluding tert-OH is 1. The van der Waals surface area contributed by atoms with Crippen molar-refractivity contribution in [2.45, 2.75) is 76.9 Å². The second-order valence-electron chi connectivity index (χ2n) is 7.77. The standard InChI is InChI=1S/C20H33N5O6/c1-4-6-10-29-13-20(8-9-26)16(30-11-7-5-2)15(23-24-21)18(31-20)25-12-14(3)17(27)22-19(25)28/h12,15-16,18,26H,4-11,13H2,1-3H3,(H,22,27,28)/t15?,16?,18-,20-/m1/s1. The lowest BCUT2D eigenvalue weighted by Crippen LogP contribution is -2.49. The first-order valence-electron chi connectivity index (χ1n) is 10.8. The van der Waals surface area contributed by atoms with Crippen molar-refractivity contribution >= 4 is 0 Å². The molecule has 2 heterocycles. The zero-order valence-electron chi connectivity index (χ0n) is 18.5. The predicted octanol–water partition coefficient (Wildman–Crippen LogP) is 2.18. The van der Waals surface area contributed by atoms with E-state index in [0.717, 1.165) is 25.7 Å². The van der Waals surface area contributed by atoms with E-state index in [4.69, 9.17) is 14.2 Å². The first-order valence-corrected chi connectivity index (χ1v) is 10.8. The van der Waals surface area contributed by atoms with Gasteiger partial charge in [0, 0.05) is 42.9 Å². The molecule has 1 fully saturated rings. The quantitative estimate of drug-likeness (QED) is 0.208. The van der Waals surface area contributed by atoms with E-state index in [-0.39, 0.29) is 19.6 Å². The molecule has 1 aliphatic rings. The highest BCUT2D eigenvalue weighted by Crippen LogP contribution is 2.43. The summed E-state index contributed by atoms with van der Waals surface area (Å²) in [6.07, 6.45) is 3.29. The van der Waals surface area contributed by atoms with Crippen LogP contribution in [0.25, 0.3) is 10.4 Å². The van der Waals surface area contributed by atoms with Gasteiger partial charge in [0.15, 0.2) is 0 Å². The van der Waals surface area contributed by atoms with Gasteiger partial charge in [-0.05, 0) is 25.3 Å². The Balaban J connectivity index is 2.50. The van der Waals surface area contributed by atoms with Crippen molar-refractivity contribution in [2.75, 3.05) is 26.4 Å². The van der Waals surface area contributed by atoms with Crippen LogP contribution in [-0.4, -0.2) is 58.8 Å². The molecule has 2 N–H and O–H groups in total. The Bertz CT molecular complexity index is 864. The van der Waals surface area contributed by atoms with Gasteiger partial charge in [-0.2, -0.15) is 0 Å². The molecule has 0 bridgehead atoms. The van der Waals surface area contributed by atoms with Crippen LogP contribution < -0.4 is 11.2 Å². The van der Waals surface area contributed by atoms with Crippen LogP contribution in [0.5, 0.6) is 0 Å². The maximum atomic E-state index is 12.5. The van der Waals surface area contributed by atoms with E-state index in [1.54, 1.807) is 6.92 Å². The van der Waals surface area contributed by atoms with Gasteiger partial charge in [0.2, 0.25) is 0 Å². The maximum Gasteiger partial charge on any atom is 0.330 e. The number of aliphatic hydroxyl groups is 1. The Morgan fingerprint density at radius 1 is 1.32 bits per heavy atom. The van der Waals surface area contributed by atoms with E-state index in [1.807, 2.05) is 13.8 Å². The lowest BCUT2D eigenvalue weighted by atomic mass is 9.91. The van der Waals surface area contributed by atoms with Gasteiger partial charge in [-0.15, -0.1) is 0 Å². The van der Waals surface area contributed by atoms with Gasteiger partial charge in [0.05, 0.1) is 6.61 Å². The molecule has 0 aromatic carbocycles.